The van der Waals surface area contributed by atoms with E-state index in [1.54, 1.807) is 24.4 Å². The molecule has 3 fully saturated rings. The van der Waals surface area contributed by atoms with E-state index in [0.29, 0.717) is 73.3 Å². The first-order chi connectivity index (χ1) is 25.6. The van der Waals surface area contributed by atoms with E-state index >= 15 is 0 Å². The van der Waals surface area contributed by atoms with Crippen molar-refractivity contribution in [2.24, 2.45) is 15.4 Å². The second-order valence-electron chi connectivity index (χ2n) is 14.4. The Balaban J connectivity index is 1.09. The lowest BCUT2D eigenvalue weighted by Gasteiger charge is -2.43. The molecule has 12 nitrogen and oxygen atoms in total. The summed E-state index contributed by atoms with van der Waals surface area (Å²) in [6.07, 6.45) is 5.51. The molecule has 0 radical (unpaired) electrons. The summed E-state index contributed by atoms with van der Waals surface area (Å²) in [5.74, 6) is -0.720. The van der Waals surface area contributed by atoms with E-state index in [-0.39, 0.29) is 17.9 Å². The molecule has 0 aromatic heterocycles. The maximum Gasteiger partial charge on any atom is 0.322 e. The van der Waals surface area contributed by atoms with Crippen LogP contribution in [0.25, 0.3) is 0 Å². The van der Waals surface area contributed by atoms with Crippen molar-refractivity contribution < 1.29 is 24.2 Å². The zero-order valence-electron chi connectivity index (χ0n) is 29.6. The molecule has 3 saturated heterocycles. The highest BCUT2D eigenvalue weighted by Crippen LogP contribution is 2.43. The zero-order chi connectivity index (χ0) is 37.2. The number of methoxy groups -OCH3 is 1. The molecule has 7 rings (SSSR count). The number of carboxylic acids is 1. The Bertz CT molecular complexity index is 1910. The molecule has 3 unspecified atom stereocenters. The van der Waals surface area contributed by atoms with Crippen LogP contribution in [0.4, 0.5) is 0 Å². The van der Waals surface area contributed by atoms with Crippen LogP contribution < -0.4 is 10.2 Å². The maximum atomic E-state index is 14.2. The normalized spacial score (nSPS) is 24.1. The summed E-state index contributed by atoms with van der Waals surface area (Å²) in [6.45, 7) is 3.63. The summed E-state index contributed by atoms with van der Waals surface area (Å²) in [5, 5.41) is 24.0. The molecule has 4 heterocycles. The van der Waals surface area contributed by atoms with Crippen LogP contribution >= 0.6 is 23.2 Å². The Kier molecular flexibility index (Phi) is 10.8. The van der Waals surface area contributed by atoms with Crippen LogP contribution in [-0.4, -0.2) is 96.3 Å². The summed E-state index contributed by atoms with van der Waals surface area (Å²) in [4.78, 5) is 44.5. The number of hydrazine groups is 1. The largest absolute Gasteiger partial charge is 0.496 e. The number of halogens is 2. The van der Waals surface area contributed by atoms with Crippen molar-refractivity contribution in [1.29, 1.82) is 0 Å². The van der Waals surface area contributed by atoms with Gasteiger partial charge in [-0.15, -0.1) is 5.10 Å². The van der Waals surface area contributed by atoms with Crippen molar-refractivity contribution >= 4 is 47.2 Å². The van der Waals surface area contributed by atoms with Gasteiger partial charge in [-0.1, -0.05) is 65.7 Å². The Morgan fingerprint density at radius 2 is 1.74 bits per heavy atom. The van der Waals surface area contributed by atoms with Crippen molar-refractivity contribution in [2.75, 3.05) is 46.4 Å². The van der Waals surface area contributed by atoms with Gasteiger partial charge >= 0.3 is 5.97 Å². The monoisotopic (exact) mass is 759 g/mol. The minimum absolute atomic E-state index is 0.128. The van der Waals surface area contributed by atoms with Crippen molar-refractivity contribution in [3.63, 3.8) is 0 Å². The number of carbonyl (C=O) groups excluding carboxylic acids is 2. The standard InChI is InChI=1S/C39H43Cl2N7O5/c1-53-34-12-9-26(32-24-42-45-43-32)22-29(34)35(49)47-21-14-38(25-47,28-10-11-30(40)31(41)23-28)13-18-46-19-15-39(16-20-46,27-6-3-2-4-7-27)37(52)44-48-17-5-8-33(48)36(50)51/h2-4,6-7,9-12,22-24,32-33H,5,8,13-21,25H2,1H3,(H,44,52)(H,50,51). The molecular weight excluding hydrogens is 717 g/mol. The molecule has 53 heavy (non-hydrogen) atoms. The predicted octanol–water partition coefficient (Wildman–Crippen LogP) is 6.28. The fourth-order valence-corrected chi connectivity index (χ4v) is 8.69. The Hall–Kier alpha value is -4.36. The van der Waals surface area contributed by atoms with Gasteiger partial charge in [-0.25, -0.2) is 5.01 Å². The first-order valence-electron chi connectivity index (χ1n) is 18.1. The van der Waals surface area contributed by atoms with Crippen LogP contribution in [0.2, 0.25) is 10.0 Å². The molecule has 278 valence electrons. The number of nitrogens with one attached hydrogen (secondary N) is 1. The number of carboxylic acid groups (broad SMARTS) is 1. The maximum absolute atomic E-state index is 14.2. The number of amides is 2. The van der Waals surface area contributed by atoms with Gasteiger partial charge in [0.1, 0.15) is 17.8 Å². The van der Waals surface area contributed by atoms with Gasteiger partial charge in [-0.2, -0.15) is 5.11 Å². The molecule has 2 N–H and O–H groups in total. The molecule has 4 aliphatic rings. The molecule has 14 heteroatoms. The number of likely N-dealkylation sites (tertiary alicyclic amines) is 2. The van der Waals surface area contributed by atoms with Crippen LogP contribution in [0.15, 0.2) is 82.2 Å². The van der Waals surface area contributed by atoms with E-state index < -0.39 is 22.8 Å². The Labute approximate surface area is 318 Å². The van der Waals surface area contributed by atoms with Crippen LogP contribution in [0.1, 0.15) is 71.6 Å². The predicted molar refractivity (Wildman–Crippen MR) is 202 cm³/mol. The summed E-state index contributed by atoms with van der Waals surface area (Å²) < 4.78 is 5.62. The van der Waals surface area contributed by atoms with Crippen LogP contribution in [0.3, 0.4) is 0 Å². The average Bonchev–Trinajstić information content (AvgIpc) is 3.98. The minimum atomic E-state index is -0.923. The van der Waals surface area contributed by atoms with Gasteiger partial charge in [0.15, 0.2) is 0 Å². The Morgan fingerprint density at radius 1 is 0.943 bits per heavy atom. The van der Waals surface area contributed by atoms with Gasteiger partial charge in [0.2, 0.25) is 5.91 Å². The summed E-state index contributed by atoms with van der Waals surface area (Å²) in [7, 11) is 1.56. The van der Waals surface area contributed by atoms with Gasteiger partial charge in [0, 0.05) is 25.0 Å². The molecule has 3 aromatic carbocycles. The van der Waals surface area contributed by atoms with Gasteiger partial charge in [-0.3, -0.25) is 19.8 Å². The number of piperidine rings is 1. The third-order valence-corrected chi connectivity index (χ3v) is 12.3. The number of rotatable bonds is 11. The second-order valence-corrected chi connectivity index (χ2v) is 15.2. The summed E-state index contributed by atoms with van der Waals surface area (Å²) in [5.41, 5.74) is 5.05. The molecule has 3 atom stereocenters. The highest BCUT2D eigenvalue weighted by molar-refractivity contribution is 6.42. The minimum Gasteiger partial charge on any atom is -0.496 e. The summed E-state index contributed by atoms with van der Waals surface area (Å²) in [6, 6.07) is 20.0. The molecular formula is C39H43Cl2N7O5. The van der Waals surface area contributed by atoms with E-state index in [0.717, 1.165) is 42.5 Å². The number of nitrogens with zero attached hydrogens (tertiary/aromatic N) is 6. The number of hydrogen-bond donors (Lipinski definition) is 2. The number of carbonyl (C=O) groups is 3. The van der Waals surface area contributed by atoms with E-state index in [9.17, 15) is 19.5 Å². The molecule has 2 amide bonds. The highest BCUT2D eigenvalue weighted by Gasteiger charge is 2.46. The molecule has 0 spiro atoms. The first-order valence-corrected chi connectivity index (χ1v) is 18.8. The van der Waals surface area contributed by atoms with Gasteiger partial charge in [-0.05, 0) is 104 Å². The van der Waals surface area contributed by atoms with Crippen LogP contribution in [-0.2, 0) is 20.4 Å². The average molecular weight is 761 g/mol. The number of aliphatic carboxylic acids is 1. The van der Waals surface area contributed by atoms with Crippen molar-refractivity contribution in [3.05, 3.63) is 99.0 Å². The topological polar surface area (TPSA) is 140 Å². The molecule has 0 bridgehead atoms. The SMILES string of the molecule is COc1ccc(C2C=NN=N2)cc1C(=O)N1CCC(CCN2CCC(C(=O)NN3CCCC3C(=O)O)(c3ccccc3)CC2)(c2ccc(Cl)c(Cl)c2)C1. The number of ether oxygens (including phenoxy) is 1. The van der Waals surface area contributed by atoms with E-state index in [2.05, 4.69) is 25.8 Å². The van der Waals surface area contributed by atoms with Crippen molar-refractivity contribution in [1.82, 2.24) is 20.2 Å². The molecule has 4 aliphatic heterocycles. The lowest BCUT2D eigenvalue weighted by atomic mass is 9.71. The lowest BCUT2D eigenvalue weighted by Crippen LogP contribution is -2.57. The van der Waals surface area contributed by atoms with E-state index in [4.69, 9.17) is 27.9 Å². The first kappa shape index (κ1) is 37.0. The zero-order valence-corrected chi connectivity index (χ0v) is 31.1. The van der Waals surface area contributed by atoms with Gasteiger partial charge < -0.3 is 19.6 Å². The molecule has 0 saturated carbocycles. The van der Waals surface area contributed by atoms with Gasteiger partial charge in [0.25, 0.3) is 5.91 Å². The third-order valence-electron chi connectivity index (χ3n) is 11.6. The van der Waals surface area contributed by atoms with E-state index in [1.807, 2.05) is 65.6 Å². The van der Waals surface area contributed by atoms with Crippen LogP contribution in [0.5, 0.6) is 5.75 Å². The van der Waals surface area contributed by atoms with Crippen LogP contribution in [0, 0.1) is 0 Å². The highest BCUT2D eigenvalue weighted by atomic mass is 35.5. The molecule has 0 aliphatic carbocycles. The third kappa shape index (κ3) is 7.42. The second kappa shape index (κ2) is 15.5. The number of hydrogen-bond acceptors (Lipinski definition) is 9. The smallest absolute Gasteiger partial charge is 0.322 e. The van der Waals surface area contributed by atoms with Crippen molar-refractivity contribution in [2.45, 2.75) is 61.4 Å². The molecule has 3 aromatic rings. The quantitative estimate of drug-likeness (QED) is 0.235. The van der Waals surface area contributed by atoms with Crippen molar-refractivity contribution in [3.8, 4) is 5.75 Å². The Morgan fingerprint density at radius 3 is 2.43 bits per heavy atom. The number of benzene rings is 3. The van der Waals surface area contributed by atoms with E-state index in [1.165, 1.54) is 0 Å². The fraction of sp³-hybridized carbons (Fsp3) is 0.436. The fourth-order valence-electron chi connectivity index (χ4n) is 8.39. The van der Waals surface area contributed by atoms with Gasteiger partial charge in [0.05, 0.1) is 34.3 Å². The lowest BCUT2D eigenvalue weighted by molar-refractivity contribution is -0.145. The summed E-state index contributed by atoms with van der Waals surface area (Å²) >= 11 is 12.9.